The third-order valence-electron chi connectivity index (χ3n) is 5.39. The van der Waals surface area contributed by atoms with Gasteiger partial charge in [0.05, 0.1) is 18.3 Å². The average Bonchev–Trinajstić information content (AvgIpc) is 3.20. The van der Waals surface area contributed by atoms with Gasteiger partial charge in [-0.1, -0.05) is 11.6 Å². The molecule has 0 spiro atoms. The number of piperidine rings is 1. The molecule has 2 aromatic heterocycles. The van der Waals surface area contributed by atoms with Gasteiger partial charge in [0.25, 0.3) is 0 Å². The van der Waals surface area contributed by atoms with Crippen LogP contribution in [-0.2, 0) is 11.8 Å². The summed E-state index contributed by atoms with van der Waals surface area (Å²) in [6.45, 7) is 1.54. The number of ether oxygens (including phenoxy) is 1. The van der Waals surface area contributed by atoms with Crippen LogP contribution in [0.5, 0.6) is 5.75 Å². The lowest BCUT2D eigenvalue weighted by Gasteiger charge is -2.33. The van der Waals surface area contributed by atoms with Crippen LogP contribution < -0.4 is 15.0 Å². The van der Waals surface area contributed by atoms with Crippen LogP contribution in [0.4, 0.5) is 11.5 Å². The summed E-state index contributed by atoms with van der Waals surface area (Å²) in [5.74, 6) is 1.49. The molecule has 4 rings (SSSR count). The van der Waals surface area contributed by atoms with Gasteiger partial charge >= 0.3 is 0 Å². The van der Waals surface area contributed by atoms with Crippen LogP contribution >= 0.6 is 11.6 Å². The normalized spacial score (nSPS) is 14.6. The minimum absolute atomic E-state index is 0.0180. The average molecular weight is 426 g/mol. The van der Waals surface area contributed by atoms with Gasteiger partial charge in [-0.25, -0.2) is 4.98 Å². The Morgan fingerprint density at radius 2 is 2.07 bits per heavy atom. The van der Waals surface area contributed by atoms with Crippen LogP contribution in [0.1, 0.15) is 12.8 Å². The maximum atomic E-state index is 12.7. The largest absolute Gasteiger partial charge is 0.495 e. The number of carbonyl (C=O) groups is 1. The van der Waals surface area contributed by atoms with Crippen LogP contribution in [0.2, 0.25) is 5.02 Å². The first kappa shape index (κ1) is 20.2. The smallest absolute Gasteiger partial charge is 0.227 e. The summed E-state index contributed by atoms with van der Waals surface area (Å²) < 4.78 is 6.94. The predicted octanol–water partition coefficient (Wildman–Crippen LogP) is 4.00. The first-order valence-electron chi connectivity index (χ1n) is 9.88. The topological polar surface area (TPSA) is 72.3 Å². The van der Waals surface area contributed by atoms with E-state index in [2.05, 4.69) is 26.4 Å². The van der Waals surface area contributed by atoms with Crippen LogP contribution in [0.15, 0.2) is 48.9 Å². The zero-order valence-corrected chi connectivity index (χ0v) is 17.8. The molecule has 0 aliphatic carbocycles. The van der Waals surface area contributed by atoms with E-state index >= 15 is 0 Å². The predicted molar refractivity (Wildman–Crippen MR) is 118 cm³/mol. The van der Waals surface area contributed by atoms with Crippen LogP contribution in [-0.4, -0.2) is 40.9 Å². The highest BCUT2D eigenvalue weighted by atomic mass is 35.5. The molecule has 1 fully saturated rings. The lowest BCUT2D eigenvalue weighted by molar-refractivity contribution is -0.120. The molecule has 1 amide bonds. The van der Waals surface area contributed by atoms with Crippen molar-refractivity contribution in [2.24, 2.45) is 13.0 Å². The summed E-state index contributed by atoms with van der Waals surface area (Å²) in [7, 11) is 3.47. The fourth-order valence-electron chi connectivity index (χ4n) is 3.78. The second-order valence-corrected chi connectivity index (χ2v) is 7.78. The van der Waals surface area contributed by atoms with Gasteiger partial charge < -0.3 is 15.0 Å². The number of anilines is 2. The minimum Gasteiger partial charge on any atom is -0.495 e. The molecule has 3 aromatic rings. The molecule has 0 unspecified atom stereocenters. The van der Waals surface area contributed by atoms with Crippen LogP contribution in [0.25, 0.3) is 11.1 Å². The zero-order valence-electron chi connectivity index (χ0n) is 17.0. The second-order valence-electron chi connectivity index (χ2n) is 7.38. The Morgan fingerprint density at radius 3 is 2.73 bits per heavy atom. The van der Waals surface area contributed by atoms with Crippen molar-refractivity contribution in [3.63, 3.8) is 0 Å². The fraction of sp³-hybridized carbons (Fsp3) is 0.318. The monoisotopic (exact) mass is 425 g/mol. The van der Waals surface area contributed by atoms with E-state index in [9.17, 15) is 4.79 Å². The number of nitrogens with one attached hydrogen (secondary N) is 1. The molecule has 1 aromatic carbocycles. The van der Waals surface area contributed by atoms with Gasteiger partial charge in [0, 0.05) is 55.3 Å². The van der Waals surface area contributed by atoms with Crippen molar-refractivity contribution < 1.29 is 9.53 Å². The fourth-order valence-corrected chi connectivity index (χ4v) is 4.03. The van der Waals surface area contributed by atoms with E-state index in [4.69, 9.17) is 16.3 Å². The van der Waals surface area contributed by atoms with Gasteiger partial charge in [-0.3, -0.25) is 9.48 Å². The highest BCUT2D eigenvalue weighted by molar-refractivity contribution is 6.32. The summed E-state index contributed by atoms with van der Waals surface area (Å²) in [4.78, 5) is 19.6. The van der Waals surface area contributed by atoms with E-state index in [0.717, 1.165) is 42.9 Å². The Morgan fingerprint density at radius 1 is 1.27 bits per heavy atom. The Bertz CT molecular complexity index is 1040. The third kappa shape index (κ3) is 4.26. The Balaban J connectivity index is 1.41. The van der Waals surface area contributed by atoms with Gasteiger partial charge in [-0.05, 0) is 43.2 Å². The van der Waals surface area contributed by atoms with Crippen molar-refractivity contribution in [3.8, 4) is 16.9 Å². The van der Waals surface area contributed by atoms with E-state index in [-0.39, 0.29) is 11.8 Å². The molecule has 0 radical (unpaired) electrons. The molecular formula is C22H24ClN5O2. The van der Waals surface area contributed by atoms with Crippen molar-refractivity contribution in [2.75, 3.05) is 30.4 Å². The third-order valence-corrected chi connectivity index (χ3v) is 5.68. The highest BCUT2D eigenvalue weighted by Crippen LogP contribution is 2.32. The van der Waals surface area contributed by atoms with Gasteiger partial charge in [-0.15, -0.1) is 0 Å². The number of hydrogen-bond donors (Lipinski definition) is 1. The Kier molecular flexibility index (Phi) is 5.90. The maximum absolute atomic E-state index is 12.7. The molecule has 1 N–H and O–H groups in total. The second kappa shape index (κ2) is 8.75. The number of hydrogen-bond acceptors (Lipinski definition) is 5. The van der Waals surface area contributed by atoms with Crippen molar-refractivity contribution in [1.82, 2.24) is 14.8 Å². The molecule has 8 heteroatoms. The zero-order chi connectivity index (χ0) is 21.1. The summed E-state index contributed by atoms with van der Waals surface area (Å²) in [5, 5.41) is 7.72. The molecule has 1 aliphatic rings. The van der Waals surface area contributed by atoms with Gasteiger partial charge in [-0.2, -0.15) is 5.10 Å². The Labute approximate surface area is 180 Å². The SMILES string of the molecule is COc1ccc(NC(=O)C2CCN(c3ncccc3-c3cnn(C)c3)CC2)cc1Cl. The summed E-state index contributed by atoms with van der Waals surface area (Å²) >= 11 is 6.16. The summed E-state index contributed by atoms with van der Waals surface area (Å²) in [6.07, 6.45) is 7.17. The highest BCUT2D eigenvalue weighted by Gasteiger charge is 2.27. The number of amides is 1. The number of pyridine rings is 1. The van der Waals surface area contributed by atoms with Crippen LogP contribution in [0, 0.1) is 5.92 Å². The molecular weight excluding hydrogens is 402 g/mol. The van der Waals surface area contributed by atoms with Crippen molar-refractivity contribution in [3.05, 3.63) is 53.9 Å². The Hall–Kier alpha value is -3.06. The van der Waals surface area contributed by atoms with Gasteiger partial charge in [0.1, 0.15) is 11.6 Å². The van der Waals surface area contributed by atoms with E-state index in [1.807, 2.05) is 25.5 Å². The first-order chi connectivity index (χ1) is 14.5. The molecule has 30 heavy (non-hydrogen) atoms. The van der Waals surface area contributed by atoms with E-state index in [0.29, 0.717) is 16.5 Å². The standard InChI is InChI=1S/C22H24ClN5O2/c1-27-14-16(13-25-27)18-4-3-9-24-21(18)28-10-7-15(8-11-28)22(29)26-17-5-6-20(30-2)19(23)12-17/h3-6,9,12-15H,7-8,10-11H2,1-2H3,(H,26,29). The number of benzene rings is 1. The molecule has 156 valence electrons. The van der Waals surface area contributed by atoms with Crippen molar-refractivity contribution in [2.45, 2.75) is 12.8 Å². The number of aromatic nitrogens is 3. The quantitative estimate of drug-likeness (QED) is 0.668. The van der Waals surface area contributed by atoms with Gasteiger partial charge in [0.2, 0.25) is 5.91 Å². The lowest BCUT2D eigenvalue weighted by atomic mass is 9.95. The van der Waals surface area contributed by atoms with E-state index in [1.54, 1.807) is 36.2 Å². The molecule has 7 nitrogen and oxygen atoms in total. The number of carbonyl (C=O) groups excluding carboxylic acids is 1. The summed E-state index contributed by atoms with van der Waals surface area (Å²) in [6, 6.07) is 9.26. The van der Waals surface area contributed by atoms with Crippen molar-refractivity contribution >= 4 is 29.0 Å². The van der Waals surface area contributed by atoms with E-state index < -0.39 is 0 Å². The maximum Gasteiger partial charge on any atom is 0.227 e. The minimum atomic E-state index is -0.0484. The lowest BCUT2D eigenvalue weighted by Crippen LogP contribution is -2.38. The number of rotatable bonds is 5. The number of aryl methyl sites for hydroxylation is 1. The van der Waals surface area contributed by atoms with Crippen LogP contribution in [0.3, 0.4) is 0 Å². The number of halogens is 1. The molecule has 3 heterocycles. The first-order valence-corrected chi connectivity index (χ1v) is 10.3. The molecule has 0 bridgehead atoms. The summed E-state index contributed by atoms with van der Waals surface area (Å²) in [5.41, 5.74) is 2.77. The van der Waals surface area contributed by atoms with Gasteiger partial charge in [0.15, 0.2) is 0 Å². The van der Waals surface area contributed by atoms with E-state index in [1.165, 1.54) is 0 Å². The molecule has 0 atom stereocenters. The van der Waals surface area contributed by atoms with Crippen molar-refractivity contribution in [1.29, 1.82) is 0 Å². The molecule has 1 aliphatic heterocycles. The molecule has 0 saturated carbocycles. The number of methoxy groups -OCH3 is 1. The number of nitrogens with zero attached hydrogens (tertiary/aromatic N) is 4. The molecule has 1 saturated heterocycles.